The van der Waals surface area contributed by atoms with Gasteiger partial charge in [0.25, 0.3) is 5.91 Å². The number of benzene rings is 1. The second kappa shape index (κ2) is 8.15. The Balaban J connectivity index is 1.72. The van der Waals surface area contributed by atoms with Crippen molar-refractivity contribution in [3.05, 3.63) is 59.1 Å². The Kier molecular flexibility index (Phi) is 5.23. The van der Waals surface area contributed by atoms with Crippen LogP contribution in [0.15, 0.2) is 41.5 Å². The normalized spacial score (nSPS) is 13.7. The maximum absolute atomic E-state index is 13.4. The maximum Gasteiger partial charge on any atom is 0.433 e. The molecule has 3 aliphatic heterocycles. The number of anilines is 1. The minimum absolute atomic E-state index is 0.245. The lowest BCUT2D eigenvalue weighted by atomic mass is 9.96. The molecule has 0 unspecified atom stereocenters. The van der Waals surface area contributed by atoms with Crippen molar-refractivity contribution in [2.75, 3.05) is 18.9 Å². The van der Waals surface area contributed by atoms with E-state index < -0.39 is 23.5 Å². The van der Waals surface area contributed by atoms with E-state index in [-0.39, 0.29) is 5.82 Å². The molecule has 178 valence electrons. The molecule has 0 bridgehead atoms. The van der Waals surface area contributed by atoms with E-state index in [9.17, 15) is 18.0 Å². The second-order valence-corrected chi connectivity index (χ2v) is 8.01. The molecule has 0 saturated carbocycles. The third-order valence-corrected chi connectivity index (χ3v) is 5.75. The summed E-state index contributed by atoms with van der Waals surface area (Å²) in [4.78, 5) is 32.1. The second-order valence-electron chi connectivity index (χ2n) is 8.01. The SMILES string of the molecule is CN=c1ncc2cc(-c3cc(-c4nc(C(N)=O)cc(C(F)(F)F)n4)ccc3C)c3n(c-2n1)CCN3. The molecule has 0 radical (unpaired) electrons. The lowest BCUT2D eigenvalue weighted by Crippen LogP contribution is -2.18. The zero-order valence-electron chi connectivity index (χ0n) is 18.7. The number of nitrogens with zero attached hydrogens (tertiary/aromatic N) is 6. The molecule has 0 saturated heterocycles. The summed E-state index contributed by atoms with van der Waals surface area (Å²) in [6, 6.07) is 7.55. The van der Waals surface area contributed by atoms with E-state index in [1.54, 1.807) is 31.4 Å². The van der Waals surface area contributed by atoms with Crippen LogP contribution in [0.25, 0.3) is 33.9 Å². The number of nitrogens with two attached hydrogens (primary N) is 1. The van der Waals surface area contributed by atoms with Crippen LogP contribution in [-0.2, 0) is 12.7 Å². The van der Waals surface area contributed by atoms with Crippen LogP contribution < -0.4 is 16.7 Å². The lowest BCUT2D eigenvalue weighted by molar-refractivity contribution is -0.141. The van der Waals surface area contributed by atoms with Crippen molar-refractivity contribution >= 4 is 11.7 Å². The summed E-state index contributed by atoms with van der Waals surface area (Å²) in [5.74, 6) is 0.231. The number of nitrogens with one attached hydrogen (secondary N) is 1. The molecule has 1 aromatic heterocycles. The highest BCUT2D eigenvalue weighted by atomic mass is 19.4. The Morgan fingerprint density at radius 1 is 1.11 bits per heavy atom. The zero-order valence-corrected chi connectivity index (χ0v) is 18.7. The maximum atomic E-state index is 13.4. The molecule has 3 aliphatic rings. The van der Waals surface area contributed by atoms with Gasteiger partial charge in [-0.3, -0.25) is 9.79 Å². The van der Waals surface area contributed by atoms with Crippen molar-refractivity contribution in [3.8, 4) is 33.9 Å². The topological polar surface area (TPSA) is 124 Å². The first kappa shape index (κ1) is 22.4. The van der Waals surface area contributed by atoms with E-state index in [1.165, 1.54) is 0 Å². The number of hydrogen-bond acceptors (Lipinski definition) is 7. The van der Waals surface area contributed by atoms with Crippen LogP contribution in [0.2, 0.25) is 0 Å². The molecule has 4 heterocycles. The van der Waals surface area contributed by atoms with Gasteiger partial charge in [-0.1, -0.05) is 12.1 Å². The van der Waals surface area contributed by atoms with Gasteiger partial charge in [0, 0.05) is 49.1 Å². The van der Waals surface area contributed by atoms with Crippen molar-refractivity contribution < 1.29 is 18.0 Å². The van der Waals surface area contributed by atoms with Crippen LogP contribution in [0.4, 0.5) is 19.0 Å². The van der Waals surface area contributed by atoms with Crippen LogP contribution >= 0.6 is 0 Å². The molecule has 2 aromatic rings. The third-order valence-electron chi connectivity index (χ3n) is 5.75. The number of aromatic nitrogens is 5. The molecule has 0 fully saturated rings. The van der Waals surface area contributed by atoms with Gasteiger partial charge >= 0.3 is 6.18 Å². The largest absolute Gasteiger partial charge is 0.433 e. The van der Waals surface area contributed by atoms with E-state index >= 15 is 0 Å². The van der Waals surface area contributed by atoms with Crippen LogP contribution in [0.5, 0.6) is 0 Å². The number of hydrogen-bond donors (Lipinski definition) is 2. The Hall–Kier alpha value is -4.35. The predicted octanol–water partition coefficient (Wildman–Crippen LogP) is 2.89. The van der Waals surface area contributed by atoms with E-state index in [1.807, 2.05) is 17.6 Å². The zero-order chi connectivity index (χ0) is 24.9. The Bertz CT molecular complexity index is 1530. The number of carbonyl (C=O) groups is 1. The monoisotopic (exact) mass is 480 g/mol. The van der Waals surface area contributed by atoms with Crippen LogP contribution in [0.1, 0.15) is 21.7 Å². The Morgan fingerprint density at radius 3 is 2.60 bits per heavy atom. The van der Waals surface area contributed by atoms with Gasteiger partial charge in [0.1, 0.15) is 23.0 Å². The molecule has 12 heteroatoms. The van der Waals surface area contributed by atoms with Crippen molar-refractivity contribution in [2.24, 2.45) is 10.7 Å². The smallest absolute Gasteiger partial charge is 0.369 e. The fourth-order valence-corrected chi connectivity index (χ4v) is 4.07. The van der Waals surface area contributed by atoms with Crippen molar-refractivity contribution in [1.82, 2.24) is 24.5 Å². The molecule has 3 N–H and O–H groups in total. The van der Waals surface area contributed by atoms with Gasteiger partial charge in [-0.2, -0.15) is 18.2 Å². The molecule has 5 rings (SSSR count). The van der Waals surface area contributed by atoms with Crippen LogP contribution in [0.3, 0.4) is 0 Å². The van der Waals surface area contributed by atoms with Crippen molar-refractivity contribution in [1.29, 1.82) is 0 Å². The molecular weight excluding hydrogens is 461 g/mol. The van der Waals surface area contributed by atoms with Gasteiger partial charge in [0.2, 0.25) is 5.62 Å². The molecule has 1 aromatic carbocycles. The van der Waals surface area contributed by atoms with Crippen LogP contribution in [-0.4, -0.2) is 44.0 Å². The van der Waals surface area contributed by atoms with Crippen LogP contribution in [0, 0.1) is 6.92 Å². The van der Waals surface area contributed by atoms with Gasteiger partial charge in [-0.05, 0) is 30.2 Å². The summed E-state index contributed by atoms with van der Waals surface area (Å²) < 4.78 is 42.3. The summed E-state index contributed by atoms with van der Waals surface area (Å²) in [5, 5.41) is 3.37. The predicted molar refractivity (Wildman–Crippen MR) is 121 cm³/mol. The number of primary amides is 1. The van der Waals surface area contributed by atoms with Gasteiger partial charge < -0.3 is 15.6 Å². The quantitative estimate of drug-likeness (QED) is 0.465. The van der Waals surface area contributed by atoms with E-state index in [0.717, 1.165) is 33.9 Å². The van der Waals surface area contributed by atoms with E-state index in [4.69, 9.17) is 5.73 Å². The van der Waals surface area contributed by atoms with Gasteiger partial charge in [0.15, 0.2) is 5.82 Å². The Morgan fingerprint density at radius 2 is 1.89 bits per heavy atom. The number of fused-ring (bicyclic) bond motifs is 3. The molecule has 35 heavy (non-hydrogen) atoms. The van der Waals surface area contributed by atoms with Crippen molar-refractivity contribution in [3.63, 3.8) is 0 Å². The highest BCUT2D eigenvalue weighted by Crippen LogP contribution is 2.39. The van der Waals surface area contributed by atoms with Crippen molar-refractivity contribution in [2.45, 2.75) is 19.6 Å². The third kappa shape index (κ3) is 3.96. The summed E-state index contributed by atoms with van der Waals surface area (Å²) >= 11 is 0. The van der Waals surface area contributed by atoms with E-state index in [0.29, 0.717) is 30.3 Å². The first-order valence-corrected chi connectivity index (χ1v) is 10.6. The van der Waals surface area contributed by atoms with Gasteiger partial charge in [-0.15, -0.1) is 0 Å². The number of amides is 1. The number of aryl methyl sites for hydroxylation is 1. The number of alkyl halides is 3. The standard InChI is InChI=1S/C23H19F3N8O/c1-11-3-4-12(19-31-16(18(27)35)9-17(32-19)23(24,25)26)7-14(11)15-8-13-10-30-22(28-2)33-20(13)34-6-5-29-21(15)34/h3-4,7-10,29H,5-6H2,1-2H3,(H2,27,35). The number of carbonyl (C=O) groups excluding carboxylic acids is 1. The van der Waals surface area contributed by atoms with E-state index in [2.05, 4.69) is 30.2 Å². The fourth-order valence-electron chi connectivity index (χ4n) is 4.07. The molecule has 9 nitrogen and oxygen atoms in total. The minimum atomic E-state index is -4.77. The average Bonchev–Trinajstić information content (AvgIpc) is 3.33. The molecule has 0 aliphatic carbocycles. The Labute approximate surface area is 197 Å². The lowest BCUT2D eigenvalue weighted by Gasteiger charge is -2.18. The van der Waals surface area contributed by atoms with Gasteiger partial charge in [0.05, 0.1) is 0 Å². The average molecular weight is 480 g/mol. The highest BCUT2D eigenvalue weighted by Gasteiger charge is 2.34. The summed E-state index contributed by atoms with van der Waals surface area (Å²) in [6.45, 7) is 3.26. The number of pyridine rings is 1. The highest BCUT2D eigenvalue weighted by molar-refractivity contribution is 5.91. The summed E-state index contributed by atoms with van der Waals surface area (Å²) in [6.07, 6.45) is -3.08. The first-order chi connectivity index (χ1) is 16.7. The van der Waals surface area contributed by atoms with Gasteiger partial charge in [-0.25, -0.2) is 15.0 Å². The summed E-state index contributed by atoms with van der Waals surface area (Å²) in [5.41, 5.74) is 7.41. The number of halogens is 3. The molecule has 0 spiro atoms. The summed E-state index contributed by atoms with van der Waals surface area (Å²) in [7, 11) is 1.62. The number of rotatable bonds is 3. The fraction of sp³-hybridized carbons (Fsp3) is 0.217. The molecule has 0 atom stereocenters. The molecule has 1 amide bonds. The first-order valence-electron chi connectivity index (χ1n) is 10.6. The minimum Gasteiger partial charge on any atom is -0.369 e. The molecular formula is C23H19F3N8O.